The number of benzene rings is 22. The average Bonchev–Trinajstić information content (AvgIpc) is 1.58. The van der Waals surface area contributed by atoms with Gasteiger partial charge in [0.2, 0.25) is 0 Å². The van der Waals surface area contributed by atoms with Crippen LogP contribution in [0.4, 0.5) is 0 Å². The first-order valence-corrected chi connectivity index (χ1v) is 49.3. The molecule has 0 saturated carbocycles. The van der Waals surface area contributed by atoms with Gasteiger partial charge in [-0.2, -0.15) is 0 Å². The molecule has 662 valence electrons. The molecule has 0 aliphatic rings. The van der Waals surface area contributed by atoms with E-state index in [1.807, 2.05) is 29.5 Å². The summed E-state index contributed by atoms with van der Waals surface area (Å²) in [6, 6.07) is 178. The maximum atomic E-state index is 6.37. The molecule has 0 atom stereocenters. The second kappa shape index (κ2) is 31.4. The SMILES string of the molecule is c1cc(-c2ccc3c(c2)c2ccccc2n3-c2cccc3oc4ccccc4c23)cc(-n2c3ccccc3c3ccccc32)c1.c1ccc2c(c1)oc1cccc(-n3c4ccccc4c4cc(-c5cc(-n6c7ccccc7c7ccccc76)cc(-n6c7ccccc7c7ccccc76)c5)ccc43)c12.c1ccc2c(c1)sc1ccc(-n3c4ccccc4c4cc(-n5c6ccccc6c6ccccc65)ccc43)cc12. The molecule has 0 amide bonds. The van der Waals surface area contributed by atoms with Crippen LogP contribution < -0.4 is 0 Å². The molecule has 32 aromatic rings. The number of aromatic nitrogens is 7. The van der Waals surface area contributed by atoms with Crippen LogP contribution in [0.2, 0.25) is 0 Å². The third-order valence-electron chi connectivity index (χ3n) is 29.6. The van der Waals surface area contributed by atoms with Crippen LogP contribution in [-0.2, 0) is 0 Å². The number of thiophene rings is 1. The molecule has 0 spiro atoms. The van der Waals surface area contributed by atoms with Crippen LogP contribution in [0.3, 0.4) is 0 Å². The molecular weight excluding hydrogens is 1750 g/mol. The highest BCUT2D eigenvalue weighted by Crippen LogP contribution is 2.48. The van der Waals surface area contributed by atoms with E-state index in [2.05, 4.69) is 505 Å². The molecule has 10 heteroatoms. The van der Waals surface area contributed by atoms with Crippen molar-refractivity contribution in [2.24, 2.45) is 0 Å². The highest BCUT2D eigenvalue weighted by Gasteiger charge is 2.26. The van der Waals surface area contributed by atoms with E-state index in [-0.39, 0.29) is 0 Å². The van der Waals surface area contributed by atoms with Gasteiger partial charge in [0.25, 0.3) is 0 Å². The van der Waals surface area contributed by atoms with E-state index in [1.54, 1.807) is 0 Å². The number of hydrogen-bond donors (Lipinski definition) is 0. The van der Waals surface area contributed by atoms with Crippen LogP contribution in [0.1, 0.15) is 0 Å². The molecule has 0 fully saturated rings. The van der Waals surface area contributed by atoms with Gasteiger partial charge in [0, 0.05) is 135 Å². The molecule has 0 aliphatic carbocycles. The summed E-state index contributed by atoms with van der Waals surface area (Å²) in [5.74, 6) is 0. The lowest BCUT2D eigenvalue weighted by Crippen LogP contribution is -2.00. The van der Waals surface area contributed by atoms with Crippen molar-refractivity contribution in [1.82, 2.24) is 32.0 Å². The van der Waals surface area contributed by atoms with Crippen molar-refractivity contribution in [3.8, 4) is 62.1 Å². The number of nitrogens with zero attached hydrogens (tertiary/aromatic N) is 7. The Morgan fingerprint density at radius 2 is 0.387 bits per heavy atom. The standard InChI is InChI=1S/C54H33N3O.C42H26N2O.C36H22N2S/c1-7-20-45-38(14-1)39-15-2-8-21-46(39)55(45)36-30-35(31-37(33-36)56-47-22-9-3-16-40(47)41-17-4-10-23-48(41)56)34-28-29-50-44(32-34)42-18-5-11-24-49(42)57(50)51-25-13-27-53-54(51)43-19-6-12-26-52(43)58-53;1-5-17-35-30(13-1)31-14-2-6-18-36(31)43(35)29-12-9-11-27(25-29)28-23-24-38-34(26-28)32-15-3-7-19-37(32)44(38)39-20-10-22-41-42(39)33-16-4-8-21-40(33)45-41;1-5-13-31-25(9-1)26-10-2-6-14-32(26)37(31)23-17-19-34-29(21-23)27-11-3-7-15-33(27)38(34)24-18-20-36-30(22-24)28-12-4-8-16-35(28)39-36/h1-33H;1-26H;1-22H. The maximum absolute atomic E-state index is 6.37. The Labute approximate surface area is 816 Å². The van der Waals surface area contributed by atoms with E-state index in [1.165, 1.54) is 184 Å². The van der Waals surface area contributed by atoms with Crippen LogP contribution in [0.15, 0.2) is 500 Å². The first-order chi connectivity index (χ1) is 70.5. The summed E-state index contributed by atoms with van der Waals surface area (Å²) in [6.45, 7) is 0. The van der Waals surface area contributed by atoms with Crippen LogP contribution in [0.25, 0.3) is 279 Å². The smallest absolute Gasteiger partial charge is 0.137 e. The molecule has 0 radical (unpaired) electrons. The van der Waals surface area contributed by atoms with E-state index in [0.29, 0.717) is 0 Å². The predicted molar refractivity (Wildman–Crippen MR) is 598 cm³/mol. The highest BCUT2D eigenvalue weighted by molar-refractivity contribution is 7.25. The molecule has 142 heavy (non-hydrogen) atoms. The van der Waals surface area contributed by atoms with Gasteiger partial charge in [-0.05, 0) is 222 Å². The summed E-state index contributed by atoms with van der Waals surface area (Å²) in [5.41, 5.74) is 33.1. The maximum Gasteiger partial charge on any atom is 0.137 e. The van der Waals surface area contributed by atoms with Crippen molar-refractivity contribution in [2.75, 3.05) is 0 Å². The fourth-order valence-corrected chi connectivity index (χ4v) is 24.7. The summed E-state index contributed by atoms with van der Waals surface area (Å²) in [4.78, 5) is 0. The van der Waals surface area contributed by atoms with Gasteiger partial charge in [-0.25, -0.2) is 0 Å². The van der Waals surface area contributed by atoms with E-state index in [9.17, 15) is 0 Å². The second-order valence-electron chi connectivity index (χ2n) is 37.3. The normalized spacial score (nSPS) is 12.1. The summed E-state index contributed by atoms with van der Waals surface area (Å²) in [7, 11) is 0. The molecule has 10 heterocycles. The van der Waals surface area contributed by atoms with Gasteiger partial charge in [0.15, 0.2) is 0 Å². The first kappa shape index (κ1) is 79.5. The number of hydrogen-bond acceptors (Lipinski definition) is 3. The molecule has 0 N–H and O–H groups in total. The zero-order valence-electron chi connectivity index (χ0n) is 76.6. The third kappa shape index (κ3) is 12.1. The minimum absolute atomic E-state index is 0.890. The summed E-state index contributed by atoms with van der Waals surface area (Å²) in [5, 5.41) is 24.7. The Morgan fingerprint density at radius 1 is 0.134 bits per heavy atom. The fourth-order valence-electron chi connectivity index (χ4n) is 23.6. The van der Waals surface area contributed by atoms with Crippen molar-refractivity contribution in [3.05, 3.63) is 491 Å². The first-order valence-electron chi connectivity index (χ1n) is 48.5. The van der Waals surface area contributed by atoms with Gasteiger partial charge in [0.05, 0.1) is 99.4 Å². The monoisotopic (exact) mass is 1830 g/mol. The van der Waals surface area contributed by atoms with E-state index in [0.717, 1.165) is 94.5 Å². The van der Waals surface area contributed by atoms with Crippen molar-refractivity contribution >= 4 is 228 Å². The highest BCUT2D eigenvalue weighted by atomic mass is 32.1. The van der Waals surface area contributed by atoms with Crippen molar-refractivity contribution in [3.63, 3.8) is 0 Å². The van der Waals surface area contributed by atoms with Crippen LogP contribution in [0, 0.1) is 0 Å². The molecule has 0 unspecified atom stereocenters. The minimum atomic E-state index is 0.890. The number of rotatable bonds is 9. The molecule has 0 bridgehead atoms. The average molecular weight is 1830 g/mol. The molecular formula is C132H81N7O2S. The summed E-state index contributed by atoms with van der Waals surface area (Å²) >= 11 is 1.86. The Hall–Kier alpha value is -18.7. The Balaban J connectivity index is 0.000000102. The molecule has 32 rings (SSSR count). The van der Waals surface area contributed by atoms with Gasteiger partial charge >= 0.3 is 0 Å². The van der Waals surface area contributed by atoms with Crippen LogP contribution in [-0.4, -0.2) is 32.0 Å². The van der Waals surface area contributed by atoms with Gasteiger partial charge in [0.1, 0.15) is 22.3 Å². The van der Waals surface area contributed by atoms with Crippen LogP contribution >= 0.6 is 11.3 Å². The van der Waals surface area contributed by atoms with Crippen molar-refractivity contribution < 1.29 is 8.83 Å². The van der Waals surface area contributed by atoms with Gasteiger partial charge in [-0.1, -0.05) is 291 Å². The van der Waals surface area contributed by atoms with Crippen LogP contribution in [0.5, 0.6) is 0 Å². The molecule has 0 aliphatic heterocycles. The number of para-hydroxylation sites is 13. The molecule has 10 aromatic heterocycles. The number of furan rings is 2. The Bertz CT molecular complexity index is 10600. The van der Waals surface area contributed by atoms with E-state index < -0.39 is 0 Å². The van der Waals surface area contributed by atoms with E-state index >= 15 is 0 Å². The van der Waals surface area contributed by atoms with Gasteiger partial charge in [-0.15, -0.1) is 11.3 Å². The second-order valence-corrected chi connectivity index (χ2v) is 38.3. The van der Waals surface area contributed by atoms with Gasteiger partial charge in [-0.3, -0.25) is 0 Å². The topological polar surface area (TPSA) is 60.8 Å². The van der Waals surface area contributed by atoms with Crippen molar-refractivity contribution in [1.29, 1.82) is 0 Å². The molecule has 9 nitrogen and oxygen atoms in total. The summed E-state index contributed by atoms with van der Waals surface area (Å²) < 4.78 is 32.2. The fraction of sp³-hybridized carbons (Fsp3) is 0. The largest absolute Gasteiger partial charge is 0.456 e. The zero-order chi connectivity index (χ0) is 92.9. The van der Waals surface area contributed by atoms with Gasteiger partial charge < -0.3 is 40.8 Å². The summed E-state index contributed by atoms with van der Waals surface area (Å²) in [6.07, 6.45) is 0. The lowest BCUT2D eigenvalue weighted by Gasteiger charge is -2.16. The minimum Gasteiger partial charge on any atom is -0.456 e. The quantitative estimate of drug-likeness (QED) is 0.145. The molecule has 22 aromatic carbocycles. The lowest BCUT2D eigenvalue weighted by atomic mass is 10.0. The zero-order valence-corrected chi connectivity index (χ0v) is 77.4. The van der Waals surface area contributed by atoms with E-state index in [4.69, 9.17) is 8.83 Å². The predicted octanol–water partition coefficient (Wildman–Crippen LogP) is 36.2. The Kier molecular flexibility index (Phi) is 17.6. The van der Waals surface area contributed by atoms with Crippen molar-refractivity contribution in [2.45, 2.75) is 0 Å². The number of fused-ring (bicyclic) bond motifs is 30. The molecule has 0 saturated heterocycles. The third-order valence-corrected chi connectivity index (χ3v) is 30.8. The Morgan fingerprint density at radius 3 is 0.789 bits per heavy atom. The lowest BCUT2D eigenvalue weighted by molar-refractivity contribution is 0.668.